The van der Waals surface area contributed by atoms with E-state index in [0.29, 0.717) is 19.3 Å². The Balaban J connectivity index is 1.58. The number of ether oxygens (including phenoxy) is 1. The van der Waals surface area contributed by atoms with Gasteiger partial charge in [-0.2, -0.15) is 0 Å². The number of nitrogens with zero attached hydrogens (tertiary/aromatic N) is 1. The van der Waals surface area contributed by atoms with Crippen molar-refractivity contribution in [3.05, 3.63) is 48.0 Å². The van der Waals surface area contributed by atoms with Crippen LogP contribution in [0.1, 0.15) is 65.9 Å². The van der Waals surface area contributed by atoms with Crippen molar-refractivity contribution >= 4 is 52.2 Å². The maximum absolute atomic E-state index is 13.5. The number of carbonyl (C=O) groups excluding carboxylic acids is 7. The zero-order valence-corrected chi connectivity index (χ0v) is 29.5. The Labute approximate surface area is 292 Å². The van der Waals surface area contributed by atoms with Gasteiger partial charge in [0.05, 0.1) is 19.2 Å². The van der Waals surface area contributed by atoms with Crippen molar-refractivity contribution in [2.75, 3.05) is 19.7 Å². The quantitative estimate of drug-likeness (QED) is 0.154. The molecule has 6 amide bonds. The number of fused-ring (bicyclic) bond motifs is 1. The summed E-state index contributed by atoms with van der Waals surface area (Å²) >= 11 is 0. The second-order valence-corrected chi connectivity index (χ2v) is 13.4. The molecule has 0 spiro atoms. The van der Waals surface area contributed by atoms with Gasteiger partial charge in [0.25, 0.3) is 5.91 Å². The van der Waals surface area contributed by atoms with Gasteiger partial charge in [-0.3, -0.25) is 28.8 Å². The molecule has 0 aliphatic carbocycles. The van der Waals surface area contributed by atoms with Gasteiger partial charge >= 0.3 is 6.09 Å². The topological polar surface area (TPSA) is 206 Å². The number of hydrogen-bond acceptors (Lipinski definition) is 8. The number of benzene rings is 2. The Morgan fingerprint density at radius 3 is 2.26 bits per heavy atom. The zero-order chi connectivity index (χ0) is 37.0. The molecule has 6 N–H and O–H groups in total. The van der Waals surface area contributed by atoms with Crippen molar-refractivity contribution in [3.63, 3.8) is 0 Å². The van der Waals surface area contributed by atoms with E-state index in [-0.39, 0.29) is 37.8 Å². The fourth-order valence-electron chi connectivity index (χ4n) is 5.71. The highest BCUT2D eigenvalue weighted by Gasteiger charge is 2.40. The highest BCUT2D eigenvalue weighted by Crippen LogP contribution is 2.21. The number of Topliss-reactive ketones (excluding diaryl/α,β-unsaturated/α-hetero) is 1. The van der Waals surface area contributed by atoms with E-state index in [2.05, 4.69) is 21.3 Å². The first kappa shape index (κ1) is 39.4. The molecule has 272 valence electrons. The minimum Gasteiger partial charge on any atom is -0.449 e. The van der Waals surface area contributed by atoms with Crippen molar-refractivity contribution in [2.45, 2.75) is 90.9 Å². The second kappa shape index (κ2) is 18.7. The largest absolute Gasteiger partial charge is 0.449 e. The van der Waals surface area contributed by atoms with Gasteiger partial charge in [0.1, 0.15) is 18.1 Å². The lowest BCUT2D eigenvalue weighted by atomic mass is 10.0. The number of amides is 6. The lowest BCUT2D eigenvalue weighted by Crippen LogP contribution is -2.57. The number of hydrogen-bond donors (Lipinski definition) is 5. The predicted octanol–water partition coefficient (Wildman–Crippen LogP) is 1.72. The van der Waals surface area contributed by atoms with Crippen LogP contribution < -0.4 is 27.0 Å². The number of alkyl carbamates (subject to hydrolysis) is 1. The molecule has 1 saturated heterocycles. The molecule has 1 heterocycles. The summed E-state index contributed by atoms with van der Waals surface area (Å²) in [5, 5.41) is 12.0. The van der Waals surface area contributed by atoms with Gasteiger partial charge in [-0.25, -0.2) is 4.79 Å². The van der Waals surface area contributed by atoms with E-state index in [1.165, 1.54) is 4.90 Å². The molecular weight excluding hydrogens is 644 g/mol. The summed E-state index contributed by atoms with van der Waals surface area (Å²) < 4.78 is 5.18. The highest BCUT2D eigenvalue weighted by molar-refractivity contribution is 6.38. The molecule has 14 heteroatoms. The molecule has 2 aromatic carbocycles. The van der Waals surface area contributed by atoms with Crippen LogP contribution in [0.4, 0.5) is 4.79 Å². The average molecular weight is 695 g/mol. The van der Waals surface area contributed by atoms with Gasteiger partial charge in [0.15, 0.2) is 0 Å². The third-order valence-corrected chi connectivity index (χ3v) is 8.37. The average Bonchev–Trinajstić information content (AvgIpc) is 3.57. The monoisotopic (exact) mass is 694 g/mol. The summed E-state index contributed by atoms with van der Waals surface area (Å²) in [7, 11) is 0. The number of primary amides is 1. The standard InChI is InChI=1S/C36H50N6O8/c1-6-10-26(40-33(46)28-13-9-16-42(28)35(48)30(22(4)5)41-36(49)50-20-21(2)3)31(44)34(47)38-19-29(43)39-27(32(37)45)18-23-14-15-24-11-7-8-12-25(24)17-23/h7-8,11-12,14-15,17,21-22,26-28,30H,6,9-10,13,16,18-20H2,1-5H3,(H2,37,45)(H,38,47)(H,39,43)(H,40,46)(H,41,49)/t26?,27-,28-,30-/m0/s1. The number of nitrogens with one attached hydrogen (secondary N) is 4. The predicted molar refractivity (Wildman–Crippen MR) is 186 cm³/mol. The first-order chi connectivity index (χ1) is 23.7. The van der Waals surface area contributed by atoms with Crippen molar-refractivity contribution < 1.29 is 38.3 Å². The van der Waals surface area contributed by atoms with E-state index >= 15 is 0 Å². The number of ketones is 1. The smallest absolute Gasteiger partial charge is 0.407 e. The van der Waals surface area contributed by atoms with Crippen LogP contribution in [0.25, 0.3) is 10.8 Å². The van der Waals surface area contributed by atoms with Crippen LogP contribution in [0.15, 0.2) is 42.5 Å². The molecule has 3 rings (SSSR count). The fraction of sp³-hybridized carbons (Fsp3) is 0.528. The molecule has 1 fully saturated rings. The first-order valence-corrected chi connectivity index (χ1v) is 17.1. The van der Waals surface area contributed by atoms with E-state index in [1.54, 1.807) is 20.8 Å². The Morgan fingerprint density at radius 2 is 1.62 bits per heavy atom. The second-order valence-electron chi connectivity index (χ2n) is 13.4. The lowest BCUT2D eigenvalue weighted by Gasteiger charge is -2.31. The van der Waals surface area contributed by atoms with Crippen LogP contribution in [0.5, 0.6) is 0 Å². The number of carbonyl (C=O) groups is 7. The number of rotatable bonds is 17. The molecule has 4 atom stereocenters. The van der Waals surface area contributed by atoms with E-state index in [9.17, 15) is 33.6 Å². The van der Waals surface area contributed by atoms with Crippen molar-refractivity contribution in [1.82, 2.24) is 26.2 Å². The molecule has 1 unspecified atom stereocenters. The number of nitrogens with two attached hydrogens (primary N) is 1. The zero-order valence-electron chi connectivity index (χ0n) is 29.5. The lowest BCUT2D eigenvalue weighted by molar-refractivity contribution is -0.143. The van der Waals surface area contributed by atoms with Gasteiger partial charge in [-0.15, -0.1) is 0 Å². The maximum atomic E-state index is 13.5. The highest BCUT2D eigenvalue weighted by atomic mass is 16.5. The summed E-state index contributed by atoms with van der Waals surface area (Å²) in [6.07, 6.45) is 0.847. The molecule has 0 radical (unpaired) electrons. The third-order valence-electron chi connectivity index (χ3n) is 8.37. The molecule has 0 bridgehead atoms. The fourth-order valence-corrected chi connectivity index (χ4v) is 5.71. The summed E-state index contributed by atoms with van der Waals surface area (Å²) in [6, 6.07) is 9.20. The van der Waals surface area contributed by atoms with Gasteiger partial charge in [0, 0.05) is 13.0 Å². The Morgan fingerprint density at radius 1 is 0.920 bits per heavy atom. The third kappa shape index (κ3) is 11.3. The van der Waals surface area contributed by atoms with Crippen LogP contribution in [-0.4, -0.2) is 90.2 Å². The van der Waals surface area contributed by atoms with Crippen LogP contribution >= 0.6 is 0 Å². The van der Waals surface area contributed by atoms with E-state index in [0.717, 1.165) is 16.3 Å². The molecule has 1 aliphatic heterocycles. The molecular formula is C36H50N6O8. The van der Waals surface area contributed by atoms with Crippen LogP contribution in [0.3, 0.4) is 0 Å². The van der Waals surface area contributed by atoms with Crippen molar-refractivity contribution in [1.29, 1.82) is 0 Å². The summed E-state index contributed by atoms with van der Waals surface area (Å²) in [5.41, 5.74) is 6.31. The van der Waals surface area contributed by atoms with Gasteiger partial charge in [0.2, 0.25) is 29.4 Å². The maximum Gasteiger partial charge on any atom is 0.407 e. The first-order valence-electron chi connectivity index (χ1n) is 17.1. The van der Waals surface area contributed by atoms with Gasteiger partial charge in [-0.1, -0.05) is 83.5 Å². The summed E-state index contributed by atoms with van der Waals surface area (Å²) in [4.78, 5) is 91.5. The minimum absolute atomic E-state index is 0.111. The molecule has 14 nitrogen and oxygen atoms in total. The molecule has 0 aromatic heterocycles. The van der Waals surface area contributed by atoms with E-state index in [4.69, 9.17) is 10.5 Å². The summed E-state index contributed by atoms with van der Waals surface area (Å²) in [6.45, 7) is 8.95. The Hall–Kier alpha value is -5.01. The molecule has 2 aromatic rings. The molecule has 0 saturated carbocycles. The summed E-state index contributed by atoms with van der Waals surface area (Å²) in [5.74, 6) is -4.78. The Kier molecular flexibility index (Phi) is 14.7. The van der Waals surface area contributed by atoms with Crippen LogP contribution in [0, 0.1) is 11.8 Å². The molecule has 50 heavy (non-hydrogen) atoms. The minimum atomic E-state index is -1.20. The van der Waals surface area contributed by atoms with E-state index < -0.39 is 72.1 Å². The van der Waals surface area contributed by atoms with Crippen molar-refractivity contribution in [3.8, 4) is 0 Å². The Bertz CT molecular complexity index is 1560. The van der Waals surface area contributed by atoms with Gasteiger partial charge in [-0.05, 0) is 47.4 Å². The van der Waals surface area contributed by atoms with E-state index in [1.807, 2.05) is 56.3 Å². The van der Waals surface area contributed by atoms with Crippen LogP contribution in [-0.2, 0) is 39.9 Å². The number of likely N-dealkylation sites (tertiary alicyclic amines) is 1. The normalized spacial score (nSPS) is 16.0. The van der Waals surface area contributed by atoms with Crippen LogP contribution in [0.2, 0.25) is 0 Å². The van der Waals surface area contributed by atoms with Gasteiger partial charge < -0.3 is 36.6 Å². The molecule has 1 aliphatic rings. The van der Waals surface area contributed by atoms with Crippen molar-refractivity contribution in [2.24, 2.45) is 17.6 Å². The SMILES string of the molecule is CCCC(NC(=O)[C@@H]1CCCN1C(=O)[C@@H](NC(=O)OCC(C)C)C(C)C)C(=O)C(=O)NCC(=O)N[C@@H](Cc1ccc2ccccc2c1)C(N)=O.